The molecule has 0 radical (unpaired) electrons. The first-order chi connectivity index (χ1) is 8.72. The maximum Gasteiger partial charge on any atom is 0.128 e. The molecule has 1 aromatic rings. The van der Waals surface area contributed by atoms with E-state index in [1.165, 1.54) is 6.07 Å². The molecule has 1 heterocycles. The summed E-state index contributed by atoms with van der Waals surface area (Å²) < 4.78 is 27.7. The predicted molar refractivity (Wildman–Crippen MR) is 76.9 cm³/mol. The van der Waals surface area contributed by atoms with Crippen LogP contribution in [0.25, 0.3) is 0 Å². The van der Waals surface area contributed by atoms with E-state index in [-0.39, 0.29) is 11.9 Å². The van der Waals surface area contributed by atoms with Crippen molar-refractivity contribution >= 4 is 22.6 Å². The van der Waals surface area contributed by atoms with E-state index < -0.39 is 6.67 Å². The highest BCUT2D eigenvalue weighted by Crippen LogP contribution is 2.28. The maximum absolute atomic E-state index is 13.9. The molecule has 1 aliphatic rings. The molecule has 1 saturated heterocycles. The molecule has 1 aliphatic heterocycles. The monoisotopic (exact) mass is 366 g/mol. The van der Waals surface area contributed by atoms with E-state index in [9.17, 15) is 8.78 Å². The Kier molecular flexibility index (Phi) is 5.32. The number of piperazine rings is 1. The summed E-state index contributed by atoms with van der Waals surface area (Å²) in [7, 11) is 0. The maximum atomic E-state index is 13.9. The lowest BCUT2D eigenvalue weighted by molar-refractivity contribution is 0.154. The number of hydrogen-bond donors (Lipinski definition) is 1. The third-order valence-corrected chi connectivity index (χ3v) is 3.96. The van der Waals surface area contributed by atoms with Crippen molar-refractivity contribution in [1.29, 1.82) is 0 Å². The van der Waals surface area contributed by atoms with Crippen LogP contribution in [0.5, 0.6) is 0 Å². The van der Waals surface area contributed by atoms with Gasteiger partial charge in [-0.1, -0.05) is 0 Å². The summed E-state index contributed by atoms with van der Waals surface area (Å²) in [5, 5.41) is 3.26. The van der Waals surface area contributed by atoms with Crippen LogP contribution >= 0.6 is 22.6 Å². The average molecular weight is 366 g/mol. The minimum atomic E-state index is -0.417. The number of nitrogens with one attached hydrogen (secondary N) is 1. The molecule has 18 heavy (non-hydrogen) atoms. The van der Waals surface area contributed by atoms with Crippen molar-refractivity contribution in [3.05, 3.63) is 33.1 Å². The first-order valence-electron chi connectivity index (χ1n) is 6.18. The number of alkyl halides is 1. The van der Waals surface area contributed by atoms with Gasteiger partial charge in [0.1, 0.15) is 5.82 Å². The van der Waals surface area contributed by atoms with E-state index in [2.05, 4.69) is 32.8 Å². The normalized spacial score (nSPS) is 18.8. The summed E-state index contributed by atoms with van der Waals surface area (Å²) in [5.41, 5.74) is 0.626. The van der Waals surface area contributed by atoms with Gasteiger partial charge in [0.2, 0.25) is 0 Å². The lowest BCUT2D eigenvalue weighted by atomic mass is 10.0. The molecule has 1 aromatic carbocycles. The zero-order valence-electron chi connectivity index (χ0n) is 10.1. The summed E-state index contributed by atoms with van der Waals surface area (Å²) in [6, 6.07) is 4.90. The van der Waals surface area contributed by atoms with Crippen molar-refractivity contribution in [3.63, 3.8) is 0 Å². The molecule has 1 atom stereocenters. The molecule has 0 spiro atoms. The zero-order chi connectivity index (χ0) is 13.0. The predicted octanol–water partition coefficient (Wildman–Crippen LogP) is 2.74. The smallest absolute Gasteiger partial charge is 0.128 e. The molecule has 0 aromatic heterocycles. The van der Waals surface area contributed by atoms with Crippen LogP contribution in [0.15, 0.2) is 18.2 Å². The van der Waals surface area contributed by atoms with E-state index in [0.717, 1.165) is 29.7 Å². The van der Waals surface area contributed by atoms with Crippen molar-refractivity contribution in [2.75, 3.05) is 32.9 Å². The van der Waals surface area contributed by atoms with Gasteiger partial charge in [-0.15, -0.1) is 0 Å². The van der Waals surface area contributed by atoms with Crippen molar-refractivity contribution in [3.8, 4) is 0 Å². The summed E-state index contributed by atoms with van der Waals surface area (Å²) in [6.45, 7) is 3.04. The third-order valence-electron chi connectivity index (χ3n) is 3.29. The largest absolute Gasteiger partial charge is 0.314 e. The van der Waals surface area contributed by atoms with Crippen molar-refractivity contribution in [2.24, 2.45) is 0 Å². The van der Waals surface area contributed by atoms with Gasteiger partial charge in [-0.25, -0.2) is 4.39 Å². The third kappa shape index (κ3) is 3.39. The van der Waals surface area contributed by atoms with Crippen molar-refractivity contribution in [2.45, 2.75) is 12.5 Å². The Labute approximate surface area is 120 Å². The molecule has 2 nitrogen and oxygen atoms in total. The fourth-order valence-corrected chi connectivity index (χ4v) is 2.92. The van der Waals surface area contributed by atoms with Crippen LogP contribution in [0.4, 0.5) is 8.78 Å². The van der Waals surface area contributed by atoms with Crippen LogP contribution in [0.2, 0.25) is 0 Å². The second-order valence-corrected chi connectivity index (χ2v) is 5.69. The first-order valence-corrected chi connectivity index (χ1v) is 7.26. The van der Waals surface area contributed by atoms with Crippen LogP contribution in [0.1, 0.15) is 18.0 Å². The van der Waals surface area contributed by atoms with E-state index in [0.29, 0.717) is 12.0 Å². The van der Waals surface area contributed by atoms with Gasteiger partial charge in [-0.3, -0.25) is 9.29 Å². The Balaban J connectivity index is 2.24. The second-order valence-electron chi connectivity index (χ2n) is 4.45. The van der Waals surface area contributed by atoms with Crippen LogP contribution in [-0.2, 0) is 0 Å². The lowest BCUT2D eigenvalue weighted by Crippen LogP contribution is -2.45. The Morgan fingerprint density at radius 2 is 2.06 bits per heavy atom. The van der Waals surface area contributed by atoms with Crippen molar-refractivity contribution in [1.82, 2.24) is 10.2 Å². The fraction of sp³-hybridized carbons (Fsp3) is 0.538. The molecular weight excluding hydrogens is 349 g/mol. The summed E-state index contributed by atoms with van der Waals surface area (Å²) in [4.78, 5) is 2.17. The molecule has 0 bridgehead atoms. The Morgan fingerprint density at radius 1 is 1.33 bits per heavy atom. The number of benzene rings is 1. The Hall–Kier alpha value is -0.270. The second kappa shape index (κ2) is 6.77. The van der Waals surface area contributed by atoms with Gasteiger partial charge >= 0.3 is 0 Å². The first kappa shape index (κ1) is 14.1. The summed E-state index contributed by atoms with van der Waals surface area (Å²) in [5.74, 6) is -0.229. The van der Waals surface area contributed by atoms with Gasteiger partial charge in [0.15, 0.2) is 0 Å². The van der Waals surface area contributed by atoms with Gasteiger partial charge in [0, 0.05) is 41.4 Å². The van der Waals surface area contributed by atoms with E-state index in [1.807, 2.05) is 6.07 Å². The molecule has 100 valence electrons. The van der Waals surface area contributed by atoms with Crippen LogP contribution in [0.3, 0.4) is 0 Å². The van der Waals surface area contributed by atoms with Gasteiger partial charge in [0.05, 0.1) is 6.67 Å². The zero-order valence-corrected chi connectivity index (χ0v) is 12.3. The highest BCUT2D eigenvalue weighted by atomic mass is 127. The van der Waals surface area contributed by atoms with E-state index in [4.69, 9.17) is 0 Å². The number of hydrogen-bond acceptors (Lipinski definition) is 2. The number of nitrogens with zero attached hydrogens (tertiary/aromatic N) is 1. The van der Waals surface area contributed by atoms with Crippen molar-refractivity contribution < 1.29 is 8.78 Å². The van der Waals surface area contributed by atoms with E-state index in [1.54, 1.807) is 6.07 Å². The van der Waals surface area contributed by atoms with Gasteiger partial charge in [-0.2, -0.15) is 0 Å². The quantitative estimate of drug-likeness (QED) is 0.825. The minimum Gasteiger partial charge on any atom is -0.314 e. The lowest BCUT2D eigenvalue weighted by Gasteiger charge is -2.35. The Morgan fingerprint density at radius 3 is 2.72 bits per heavy atom. The van der Waals surface area contributed by atoms with Gasteiger partial charge in [-0.05, 0) is 47.2 Å². The molecule has 5 heteroatoms. The summed E-state index contributed by atoms with van der Waals surface area (Å²) >= 11 is 2.16. The number of rotatable bonds is 4. The number of halogens is 3. The fourth-order valence-electron chi connectivity index (χ4n) is 2.40. The minimum absolute atomic E-state index is 0.146. The molecular formula is C13H17F2IN2. The average Bonchev–Trinajstić information content (AvgIpc) is 2.40. The Bertz CT molecular complexity index is 395. The molecule has 1 fully saturated rings. The van der Waals surface area contributed by atoms with Crippen LogP contribution in [-0.4, -0.2) is 37.8 Å². The van der Waals surface area contributed by atoms with Gasteiger partial charge in [0.25, 0.3) is 0 Å². The highest BCUT2D eigenvalue weighted by Gasteiger charge is 2.24. The van der Waals surface area contributed by atoms with E-state index >= 15 is 0 Å². The van der Waals surface area contributed by atoms with Crippen LogP contribution in [0, 0.1) is 9.39 Å². The SMILES string of the molecule is FCC[C@@H](c1cc(I)ccc1F)N1CCNCC1. The molecule has 1 N–H and O–H groups in total. The van der Waals surface area contributed by atoms with Gasteiger partial charge < -0.3 is 5.32 Å². The molecule has 0 saturated carbocycles. The molecule has 2 rings (SSSR count). The highest BCUT2D eigenvalue weighted by molar-refractivity contribution is 14.1. The molecule has 0 unspecified atom stereocenters. The topological polar surface area (TPSA) is 15.3 Å². The standard InChI is InChI=1S/C13H17F2IN2/c14-4-3-13(18-7-5-17-6-8-18)11-9-10(16)1-2-12(11)15/h1-2,9,13,17H,3-8H2/t13-/m0/s1. The molecule has 0 aliphatic carbocycles. The molecule has 0 amide bonds. The van der Waals surface area contributed by atoms with Crippen LogP contribution < -0.4 is 5.32 Å². The summed E-state index contributed by atoms with van der Waals surface area (Å²) in [6.07, 6.45) is 0.358.